The third kappa shape index (κ3) is 3.29. The number of urea groups is 1. The number of anilines is 1. The van der Waals surface area contributed by atoms with Crippen molar-refractivity contribution in [1.29, 1.82) is 0 Å². The molecule has 0 unspecified atom stereocenters. The lowest BCUT2D eigenvalue weighted by Crippen LogP contribution is -2.24. The van der Waals surface area contributed by atoms with E-state index >= 15 is 0 Å². The maximum atomic E-state index is 11.7. The van der Waals surface area contributed by atoms with Gasteiger partial charge in [-0.1, -0.05) is 29.8 Å². The quantitative estimate of drug-likeness (QED) is 0.674. The van der Waals surface area contributed by atoms with E-state index < -0.39 is 6.03 Å². The summed E-state index contributed by atoms with van der Waals surface area (Å²) in [5.41, 5.74) is 3.66. The van der Waals surface area contributed by atoms with Crippen LogP contribution in [0.4, 0.5) is 10.5 Å². The number of ether oxygens (including phenoxy) is 2. The number of fused-ring (bicyclic) bond motifs is 1. The number of halogens is 1. The SMILES string of the molecule is O=C(N/N=C\c1cc2c(cc1Cl)OCO2)Nc1ccccc1. The monoisotopic (exact) mass is 317 g/mol. The Labute approximate surface area is 131 Å². The Kier molecular flexibility index (Phi) is 4.11. The summed E-state index contributed by atoms with van der Waals surface area (Å²) in [6, 6.07) is 12.0. The predicted octanol–water partition coefficient (Wildman–Crippen LogP) is 3.22. The van der Waals surface area contributed by atoms with E-state index in [9.17, 15) is 4.79 Å². The first kappa shape index (κ1) is 14.2. The smallest absolute Gasteiger partial charge is 0.339 e. The molecule has 3 rings (SSSR count). The molecule has 2 aromatic rings. The van der Waals surface area contributed by atoms with Crippen LogP contribution in [-0.4, -0.2) is 19.0 Å². The Hall–Kier alpha value is -2.73. The van der Waals surface area contributed by atoms with Gasteiger partial charge < -0.3 is 14.8 Å². The van der Waals surface area contributed by atoms with Crippen molar-refractivity contribution in [1.82, 2.24) is 5.43 Å². The van der Waals surface area contributed by atoms with E-state index in [1.54, 1.807) is 24.3 Å². The average Bonchev–Trinajstić information content (AvgIpc) is 2.95. The predicted molar refractivity (Wildman–Crippen MR) is 83.8 cm³/mol. The third-order valence-corrected chi connectivity index (χ3v) is 3.22. The summed E-state index contributed by atoms with van der Waals surface area (Å²) in [6.45, 7) is 0.171. The molecule has 0 fully saturated rings. The van der Waals surface area contributed by atoms with Crippen LogP contribution >= 0.6 is 11.6 Å². The fraction of sp³-hybridized carbons (Fsp3) is 0.0667. The molecule has 6 nitrogen and oxygen atoms in total. The summed E-state index contributed by atoms with van der Waals surface area (Å²) in [5, 5.41) is 6.96. The summed E-state index contributed by atoms with van der Waals surface area (Å²) in [4.78, 5) is 11.7. The van der Waals surface area contributed by atoms with Crippen molar-refractivity contribution >= 4 is 29.5 Å². The number of nitrogens with one attached hydrogen (secondary N) is 2. The van der Waals surface area contributed by atoms with Crippen LogP contribution < -0.4 is 20.2 Å². The van der Waals surface area contributed by atoms with E-state index in [0.717, 1.165) is 0 Å². The van der Waals surface area contributed by atoms with E-state index in [4.69, 9.17) is 21.1 Å². The summed E-state index contributed by atoms with van der Waals surface area (Å²) in [5.74, 6) is 1.19. The van der Waals surface area contributed by atoms with Gasteiger partial charge in [-0.15, -0.1) is 0 Å². The number of nitrogens with zero attached hydrogens (tertiary/aromatic N) is 1. The number of hydrazone groups is 1. The molecule has 0 radical (unpaired) electrons. The molecule has 2 N–H and O–H groups in total. The minimum absolute atomic E-state index is 0.171. The minimum Gasteiger partial charge on any atom is -0.454 e. The van der Waals surface area contributed by atoms with Gasteiger partial charge in [-0.2, -0.15) is 5.10 Å². The summed E-state index contributed by atoms with van der Waals surface area (Å²) in [6.07, 6.45) is 1.44. The molecular formula is C15H12ClN3O3. The lowest BCUT2D eigenvalue weighted by atomic mass is 10.2. The van der Waals surface area contributed by atoms with E-state index in [-0.39, 0.29) is 6.79 Å². The summed E-state index contributed by atoms with van der Waals surface area (Å²) >= 11 is 6.10. The van der Waals surface area contributed by atoms with Crippen molar-refractivity contribution in [3.8, 4) is 11.5 Å². The largest absolute Gasteiger partial charge is 0.454 e. The highest BCUT2D eigenvalue weighted by Crippen LogP contribution is 2.36. The Morgan fingerprint density at radius 3 is 2.68 bits per heavy atom. The lowest BCUT2D eigenvalue weighted by Gasteiger charge is -2.04. The first-order valence-corrected chi connectivity index (χ1v) is 6.84. The Morgan fingerprint density at radius 1 is 1.18 bits per heavy atom. The Balaban J connectivity index is 1.61. The number of carbonyl (C=O) groups excluding carboxylic acids is 1. The van der Waals surface area contributed by atoms with Gasteiger partial charge in [0.15, 0.2) is 11.5 Å². The van der Waals surface area contributed by atoms with Gasteiger partial charge in [-0.25, -0.2) is 10.2 Å². The second-order valence-electron chi connectivity index (χ2n) is 4.42. The molecule has 0 atom stereocenters. The van der Waals surface area contributed by atoms with Crippen molar-refractivity contribution in [3.63, 3.8) is 0 Å². The van der Waals surface area contributed by atoms with Crippen molar-refractivity contribution < 1.29 is 14.3 Å². The van der Waals surface area contributed by atoms with Gasteiger partial charge in [-0.3, -0.25) is 0 Å². The lowest BCUT2D eigenvalue weighted by molar-refractivity contribution is 0.174. The first-order valence-electron chi connectivity index (χ1n) is 6.46. The van der Waals surface area contributed by atoms with Crippen LogP contribution in [0.2, 0.25) is 5.02 Å². The zero-order chi connectivity index (χ0) is 15.4. The van der Waals surface area contributed by atoms with Crippen LogP contribution in [0.1, 0.15) is 5.56 Å². The van der Waals surface area contributed by atoms with Crippen LogP contribution in [0.15, 0.2) is 47.6 Å². The molecule has 0 spiro atoms. The highest BCUT2D eigenvalue weighted by Gasteiger charge is 2.15. The molecule has 2 aromatic carbocycles. The number of rotatable bonds is 3. The standard InChI is InChI=1S/C15H12ClN3O3/c16-12-7-14-13(21-9-22-14)6-10(12)8-17-19-15(20)18-11-4-2-1-3-5-11/h1-8H,9H2,(H2,18,19,20)/b17-8-. The topological polar surface area (TPSA) is 72.0 Å². The van der Waals surface area contributed by atoms with E-state index in [1.165, 1.54) is 6.21 Å². The molecule has 1 aliphatic heterocycles. The molecular weight excluding hydrogens is 306 g/mol. The average molecular weight is 318 g/mol. The fourth-order valence-corrected chi connectivity index (χ4v) is 2.08. The Morgan fingerprint density at radius 2 is 1.91 bits per heavy atom. The molecule has 0 bridgehead atoms. The number of amides is 2. The highest BCUT2D eigenvalue weighted by atomic mass is 35.5. The van der Waals surface area contributed by atoms with Crippen LogP contribution in [0.3, 0.4) is 0 Å². The zero-order valence-corrected chi connectivity index (χ0v) is 12.1. The summed E-state index contributed by atoms with van der Waals surface area (Å²) in [7, 11) is 0. The molecule has 0 saturated carbocycles. The minimum atomic E-state index is -0.445. The van der Waals surface area contributed by atoms with Gasteiger partial charge in [0.05, 0.1) is 11.2 Å². The maximum Gasteiger partial charge on any atom is 0.339 e. The second kappa shape index (κ2) is 6.36. The van der Waals surface area contributed by atoms with Gasteiger partial charge in [0, 0.05) is 17.3 Å². The van der Waals surface area contributed by atoms with Crippen LogP contribution in [0.5, 0.6) is 11.5 Å². The molecule has 0 saturated heterocycles. The van der Waals surface area contributed by atoms with Crippen LogP contribution in [-0.2, 0) is 0 Å². The molecule has 0 aromatic heterocycles. The fourth-order valence-electron chi connectivity index (χ4n) is 1.87. The zero-order valence-electron chi connectivity index (χ0n) is 11.4. The van der Waals surface area contributed by atoms with Gasteiger partial charge in [0.2, 0.25) is 6.79 Å². The molecule has 2 amide bonds. The van der Waals surface area contributed by atoms with Crippen LogP contribution in [0.25, 0.3) is 0 Å². The number of hydrogen-bond donors (Lipinski definition) is 2. The molecule has 1 heterocycles. The van der Waals surface area contributed by atoms with Crippen molar-refractivity contribution in [3.05, 3.63) is 53.1 Å². The van der Waals surface area contributed by atoms with E-state index in [1.807, 2.05) is 18.2 Å². The molecule has 22 heavy (non-hydrogen) atoms. The third-order valence-electron chi connectivity index (χ3n) is 2.89. The Bertz CT molecular complexity index is 719. The van der Waals surface area contributed by atoms with Crippen LogP contribution in [0, 0.1) is 0 Å². The van der Waals surface area contributed by atoms with Gasteiger partial charge in [-0.05, 0) is 18.2 Å². The summed E-state index contributed by atoms with van der Waals surface area (Å²) < 4.78 is 10.5. The van der Waals surface area contributed by atoms with Crippen molar-refractivity contribution in [2.75, 3.05) is 12.1 Å². The van der Waals surface area contributed by atoms with Gasteiger partial charge in [0.1, 0.15) is 0 Å². The molecule has 1 aliphatic rings. The number of para-hydroxylation sites is 1. The highest BCUT2D eigenvalue weighted by molar-refractivity contribution is 6.33. The van der Waals surface area contributed by atoms with E-state index in [2.05, 4.69) is 15.8 Å². The molecule has 7 heteroatoms. The second-order valence-corrected chi connectivity index (χ2v) is 4.82. The van der Waals surface area contributed by atoms with Gasteiger partial charge >= 0.3 is 6.03 Å². The number of carbonyl (C=O) groups is 1. The van der Waals surface area contributed by atoms with Crippen molar-refractivity contribution in [2.45, 2.75) is 0 Å². The molecule has 112 valence electrons. The molecule has 0 aliphatic carbocycles. The van der Waals surface area contributed by atoms with Crippen molar-refractivity contribution in [2.24, 2.45) is 5.10 Å². The number of benzene rings is 2. The van der Waals surface area contributed by atoms with Gasteiger partial charge in [0.25, 0.3) is 0 Å². The maximum absolute atomic E-state index is 11.7. The number of hydrogen-bond acceptors (Lipinski definition) is 4. The normalized spacial score (nSPS) is 12.4. The van der Waals surface area contributed by atoms with E-state index in [0.29, 0.717) is 27.8 Å². The first-order chi connectivity index (χ1) is 10.7.